The van der Waals surface area contributed by atoms with Gasteiger partial charge in [0.05, 0.1) is 37.1 Å². The Kier molecular flexibility index (Phi) is 9.66. The SMILES string of the molecule is COC(=O)O[C@@H]1Cc2cc(C)c(C(=O)OC)c(O)c2[C@]2(O)C(=O)c3cc4c(c(O)c3C(=O)[C@]12OC)C(=O)C=C(N[C@H]1O[C@@H](C)[C@H](OC)[C@@H](O)[C@H]1OC)C4=O. The standard InChI is InChI=1S/C36H37NO17/c1-12-8-14-9-19(54-34(46)51-6)36(52-7)31(44)22-16(30(43)35(36,47)23(14)26(41)20(12)33(45)50-5)10-15-21(25(22)40)18(38)11-17(24(15)39)37-32-29(49-4)27(42)28(48-3)13(2)53-32/h8,10-11,13,19,27-29,32,37,40-42,47H,9H2,1-7H3/t13-,19+,27+,28-,29+,32-,35-,36+/m0/s1. The Morgan fingerprint density at radius 1 is 0.907 bits per heavy atom. The highest BCUT2D eigenvalue weighted by Gasteiger charge is 2.74. The quantitative estimate of drug-likeness (QED) is 0.242. The van der Waals surface area contributed by atoms with E-state index in [0.29, 0.717) is 0 Å². The van der Waals surface area contributed by atoms with Gasteiger partial charge in [-0.15, -0.1) is 0 Å². The molecule has 1 heterocycles. The van der Waals surface area contributed by atoms with E-state index >= 15 is 0 Å². The van der Waals surface area contributed by atoms with Crippen molar-refractivity contribution in [2.45, 2.75) is 68.2 Å². The van der Waals surface area contributed by atoms with Crippen LogP contribution in [0.25, 0.3) is 0 Å². The number of benzene rings is 2. The second kappa shape index (κ2) is 13.6. The van der Waals surface area contributed by atoms with Crippen LogP contribution in [0.1, 0.15) is 75.4 Å². The van der Waals surface area contributed by atoms with Gasteiger partial charge in [-0.3, -0.25) is 19.2 Å². The first kappa shape index (κ1) is 38.5. The van der Waals surface area contributed by atoms with Crippen LogP contribution in [0.5, 0.6) is 11.5 Å². The Bertz CT molecular complexity index is 2060. The molecule has 2 aromatic rings. The molecule has 1 saturated heterocycles. The van der Waals surface area contributed by atoms with E-state index in [-0.39, 0.29) is 11.1 Å². The minimum absolute atomic E-state index is 0.0542. The van der Waals surface area contributed by atoms with Crippen molar-refractivity contribution in [2.75, 3.05) is 35.5 Å². The van der Waals surface area contributed by atoms with E-state index < -0.39 is 140 Å². The molecule has 1 aliphatic heterocycles. The summed E-state index contributed by atoms with van der Waals surface area (Å²) in [5.41, 5.74) is -10.7. The number of ketones is 4. The lowest BCUT2D eigenvalue weighted by molar-refractivity contribution is -0.236. The van der Waals surface area contributed by atoms with Crippen LogP contribution in [0, 0.1) is 6.92 Å². The molecule has 2 aromatic carbocycles. The number of Topliss-reactive ketones (excluding diaryl/α,β-unsaturated/α-hetero) is 3. The first-order valence-electron chi connectivity index (χ1n) is 16.4. The van der Waals surface area contributed by atoms with Crippen molar-refractivity contribution in [3.05, 3.63) is 68.4 Å². The van der Waals surface area contributed by atoms with Crippen LogP contribution in [0.4, 0.5) is 4.79 Å². The van der Waals surface area contributed by atoms with Gasteiger partial charge in [-0.1, -0.05) is 6.07 Å². The monoisotopic (exact) mass is 755 g/mol. The second-order valence-electron chi connectivity index (χ2n) is 13.1. The largest absolute Gasteiger partial charge is 0.508 e. The maximum Gasteiger partial charge on any atom is 0.508 e. The Morgan fingerprint density at radius 2 is 1.57 bits per heavy atom. The number of hydrogen-bond donors (Lipinski definition) is 5. The average molecular weight is 756 g/mol. The molecule has 0 radical (unpaired) electrons. The average Bonchev–Trinajstić information content (AvgIpc) is 3.12. The first-order valence-corrected chi connectivity index (χ1v) is 16.4. The number of fused-ring (bicyclic) bond motifs is 5. The van der Waals surface area contributed by atoms with Gasteiger partial charge in [-0.25, -0.2) is 9.59 Å². The van der Waals surface area contributed by atoms with Gasteiger partial charge in [0.1, 0.15) is 41.5 Å². The van der Waals surface area contributed by atoms with Crippen LogP contribution in [0.3, 0.4) is 0 Å². The molecule has 0 saturated carbocycles. The van der Waals surface area contributed by atoms with E-state index in [1.165, 1.54) is 27.2 Å². The molecule has 0 bridgehead atoms. The number of allylic oxidation sites excluding steroid dienone is 2. The van der Waals surface area contributed by atoms with Crippen molar-refractivity contribution < 1.29 is 82.4 Å². The third-order valence-corrected chi connectivity index (χ3v) is 10.5. The van der Waals surface area contributed by atoms with Crippen LogP contribution < -0.4 is 5.32 Å². The van der Waals surface area contributed by atoms with Crippen LogP contribution in [0.2, 0.25) is 0 Å². The summed E-state index contributed by atoms with van der Waals surface area (Å²) in [4.78, 5) is 82.7. The van der Waals surface area contributed by atoms with Gasteiger partial charge < -0.3 is 58.9 Å². The van der Waals surface area contributed by atoms with Gasteiger partial charge in [0.2, 0.25) is 23.0 Å². The fourth-order valence-electron chi connectivity index (χ4n) is 8.11. The third-order valence-electron chi connectivity index (χ3n) is 10.5. The van der Waals surface area contributed by atoms with Crippen LogP contribution in [-0.4, -0.2) is 134 Å². The number of esters is 1. The topological polar surface area (TPSA) is 260 Å². The third kappa shape index (κ3) is 5.09. The molecule has 18 heteroatoms. The zero-order valence-electron chi connectivity index (χ0n) is 30.0. The molecule has 8 atom stereocenters. The van der Waals surface area contributed by atoms with E-state index in [9.17, 15) is 49.2 Å². The van der Waals surface area contributed by atoms with E-state index in [0.717, 1.165) is 33.5 Å². The van der Waals surface area contributed by atoms with Gasteiger partial charge in [0.15, 0.2) is 17.6 Å². The summed E-state index contributed by atoms with van der Waals surface area (Å²) >= 11 is 0. The zero-order chi connectivity index (χ0) is 39.8. The van der Waals surface area contributed by atoms with Crippen LogP contribution in [-0.2, 0) is 45.2 Å². The minimum Gasteiger partial charge on any atom is -0.507 e. The summed E-state index contributed by atoms with van der Waals surface area (Å²) in [5.74, 6) is -7.97. The number of aryl methyl sites for hydroxylation is 1. The number of methoxy groups -OCH3 is 5. The van der Waals surface area contributed by atoms with E-state index in [4.69, 9.17) is 28.4 Å². The smallest absolute Gasteiger partial charge is 0.507 e. The summed E-state index contributed by atoms with van der Waals surface area (Å²) in [6.07, 6.45) is -8.03. The number of phenols is 2. The van der Waals surface area contributed by atoms with Crippen molar-refractivity contribution in [3.8, 4) is 11.5 Å². The van der Waals surface area contributed by atoms with Gasteiger partial charge in [-0.2, -0.15) is 0 Å². The highest BCUT2D eigenvalue weighted by Crippen LogP contribution is 2.57. The van der Waals surface area contributed by atoms with Crippen LogP contribution in [0.15, 0.2) is 23.9 Å². The molecule has 5 N–H and O–H groups in total. The lowest BCUT2D eigenvalue weighted by atomic mass is 9.56. The summed E-state index contributed by atoms with van der Waals surface area (Å²) in [7, 11) is 5.52. The van der Waals surface area contributed by atoms with Gasteiger partial charge >= 0.3 is 12.1 Å². The zero-order valence-corrected chi connectivity index (χ0v) is 30.0. The van der Waals surface area contributed by atoms with E-state index in [2.05, 4.69) is 10.1 Å². The van der Waals surface area contributed by atoms with Crippen LogP contribution >= 0.6 is 0 Å². The molecule has 4 aliphatic rings. The van der Waals surface area contributed by atoms with Crippen molar-refractivity contribution in [1.29, 1.82) is 0 Å². The summed E-state index contributed by atoms with van der Waals surface area (Å²) in [6, 6.07) is 2.13. The fraction of sp³-hybridized carbons (Fsp3) is 0.444. The molecular weight excluding hydrogens is 718 g/mol. The number of ether oxygens (including phenoxy) is 7. The molecule has 288 valence electrons. The minimum atomic E-state index is -3.33. The Labute approximate surface area is 306 Å². The maximum absolute atomic E-state index is 14.9. The van der Waals surface area contributed by atoms with Crippen molar-refractivity contribution in [3.63, 3.8) is 0 Å². The maximum atomic E-state index is 14.9. The number of carbonyl (C=O) groups excluding carboxylic acids is 6. The van der Waals surface area contributed by atoms with Crippen molar-refractivity contribution in [2.24, 2.45) is 0 Å². The number of aromatic hydroxyl groups is 2. The second-order valence-corrected chi connectivity index (χ2v) is 13.1. The number of aliphatic hydroxyl groups excluding tert-OH is 1. The Balaban J connectivity index is 1.55. The number of hydrogen-bond acceptors (Lipinski definition) is 18. The number of rotatable bonds is 7. The summed E-state index contributed by atoms with van der Waals surface area (Å²) < 4.78 is 37.1. The number of nitrogens with one attached hydrogen (secondary N) is 1. The molecule has 18 nitrogen and oxygen atoms in total. The molecule has 6 rings (SSSR count). The summed E-state index contributed by atoms with van der Waals surface area (Å²) in [6.45, 7) is 3.02. The predicted molar refractivity (Wildman–Crippen MR) is 177 cm³/mol. The number of carbonyl (C=O) groups is 6. The fourth-order valence-corrected chi connectivity index (χ4v) is 8.11. The van der Waals surface area contributed by atoms with E-state index in [1.807, 2.05) is 0 Å². The summed E-state index contributed by atoms with van der Waals surface area (Å²) in [5, 5.41) is 49.6. The molecule has 0 unspecified atom stereocenters. The predicted octanol–water partition coefficient (Wildman–Crippen LogP) is 0.541. The molecule has 3 aliphatic carbocycles. The normalized spacial score (nSPS) is 30.0. The molecule has 0 aromatic heterocycles. The highest BCUT2D eigenvalue weighted by atomic mass is 16.7. The molecule has 0 amide bonds. The molecular formula is C36H37NO17. The number of aliphatic hydroxyl groups is 2. The number of phenolic OH excluding ortho intramolecular Hbond substituents is 2. The molecule has 54 heavy (non-hydrogen) atoms. The lowest BCUT2D eigenvalue weighted by Gasteiger charge is -2.53. The van der Waals surface area contributed by atoms with Crippen molar-refractivity contribution in [1.82, 2.24) is 5.32 Å². The Hall–Kier alpha value is -5.24. The Morgan fingerprint density at radius 3 is 2.17 bits per heavy atom. The first-order chi connectivity index (χ1) is 25.5. The lowest BCUT2D eigenvalue weighted by Crippen LogP contribution is -2.73. The molecule has 0 spiro atoms. The van der Waals surface area contributed by atoms with Crippen molar-refractivity contribution >= 4 is 35.3 Å². The highest BCUT2D eigenvalue weighted by molar-refractivity contribution is 6.31. The van der Waals surface area contributed by atoms with E-state index in [1.54, 1.807) is 6.92 Å². The van der Waals surface area contributed by atoms with Gasteiger partial charge in [-0.05, 0) is 31.0 Å². The van der Waals surface area contributed by atoms with Gasteiger partial charge in [0.25, 0.3) is 0 Å². The molecule has 1 fully saturated rings. The van der Waals surface area contributed by atoms with Gasteiger partial charge in [0, 0.05) is 50.5 Å².